The van der Waals surface area contributed by atoms with Gasteiger partial charge in [0.1, 0.15) is 22.9 Å². The molecule has 2 aliphatic heterocycles. The number of piperazine rings is 1. The lowest BCUT2D eigenvalue weighted by Crippen LogP contribution is -2.48. The molecule has 1 aromatic heterocycles. The maximum Gasteiger partial charge on any atom is 0.246 e. The maximum absolute atomic E-state index is 16.1. The van der Waals surface area contributed by atoms with Crippen molar-refractivity contribution in [2.75, 3.05) is 62.6 Å². The van der Waals surface area contributed by atoms with Crippen LogP contribution in [0, 0.1) is 11.6 Å². The number of anilines is 2. The number of aromatic hydroxyl groups is 1. The summed E-state index contributed by atoms with van der Waals surface area (Å²) in [6.07, 6.45) is 1.65. The number of aliphatic hydroxyl groups excluding tert-OH is 1. The van der Waals surface area contributed by atoms with Crippen molar-refractivity contribution in [1.29, 1.82) is 0 Å². The van der Waals surface area contributed by atoms with Crippen LogP contribution in [0.3, 0.4) is 0 Å². The number of carbonyl (C=O) groups excluding carboxylic acids is 1. The Hall–Kier alpha value is -3.54. The van der Waals surface area contributed by atoms with Gasteiger partial charge in [0, 0.05) is 63.3 Å². The van der Waals surface area contributed by atoms with E-state index < -0.39 is 17.4 Å². The van der Waals surface area contributed by atoms with E-state index in [0.717, 1.165) is 12.6 Å². The number of hydrogen-bond acceptors (Lipinski definition) is 8. The molecule has 1 atom stereocenters. The van der Waals surface area contributed by atoms with Crippen molar-refractivity contribution in [2.45, 2.75) is 12.5 Å². The second-order valence-corrected chi connectivity index (χ2v) is 10.0. The van der Waals surface area contributed by atoms with Gasteiger partial charge in [-0.05, 0) is 30.7 Å². The Bertz CT molecular complexity index is 1400. The highest BCUT2D eigenvalue weighted by Gasteiger charge is 2.27. The van der Waals surface area contributed by atoms with Crippen molar-refractivity contribution in [2.24, 2.45) is 0 Å². The predicted molar refractivity (Wildman–Crippen MR) is 146 cm³/mol. The molecule has 0 aliphatic carbocycles. The third-order valence-corrected chi connectivity index (χ3v) is 7.43. The van der Waals surface area contributed by atoms with Crippen molar-refractivity contribution < 1.29 is 23.8 Å². The number of nitrogens with one attached hydrogen (secondary N) is 1. The fourth-order valence-corrected chi connectivity index (χ4v) is 5.38. The van der Waals surface area contributed by atoms with Crippen LogP contribution >= 0.6 is 11.6 Å². The number of halogens is 3. The zero-order valence-corrected chi connectivity index (χ0v) is 22.0. The van der Waals surface area contributed by atoms with E-state index in [9.17, 15) is 19.4 Å². The molecule has 39 heavy (non-hydrogen) atoms. The van der Waals surface area contributed by atoms with Crippen molar-refractivity contribution >= 4 is 40.2 Å². The quantitative estimate of drug-likeness (QED) is 0.380. The van der Waals surface area contributed by atoms with E-state index in [2.05, 4.69) is 26.8 Å². The molecule has 0 radical (unpaired) electrons. The van der Waals surface area contributed by atoms with Crippen molar-refractivity contribution in [1.82, 2.24) is 19.8 Å². The Labute approximate surface area is 229 Å². The molecule has 1 amide bonds. The molecule has 2 aromatic carbocycles. The van der Waals surface area contributed by atoms with Crippen LogP contribution < -0.4 is 10.2 Å². The number of phenols is 1. The lowest BCUT2D eigenvalue weighted by Gasteiger charge is -2.35. The summed E-state index contributed by atoms with van der Waals surface area (Å²) in [4.78, 5) is 26.9. The maximum atomic E-state index is 16.1. The first kappa shape index (κ1) is 27.0. The van der Waals surface area contributed by atoms with E-state index in [4.69, 9.17) is 11.6 Å². The van der Waals surface area contributed by atoms with Crippen molar-refractivity contribution in [3.8, 4) is 16.9 Å². The topological polar surface area (TPSA) is 105 Å². The summed E-state index contributed by atoms with van der Waals surface area (Å²) in [5, 5.41) is 23.5. The number of likely N-dealkylation sites (tertiary alicyclic amines) is 1. The van der Waals surface area contributed by atoms with Crippen LogP contribution in [0.4, 0.5) is 20.5 Å². The first-order chi connectivity index (χ1) is 18.8. The molecule has 0 unspecified atom stereocenters. The number of aliphatic hydroxyl groups is 1. The summed E-state index contributed by atoms with van der Waals surface area (Å²) in [6, 6.07) is 5.18. The van der Waals surface area contributed by atoms with Crippen LogP contribution in [0.25, 0.3) is 22.0 Å². The Balaban J connectivity index is 1.54. The van der Waals surface area contributed by atoms with E-state index in [0.29, 0.717) is 63.4 Å². The Kier molecular flexibility index (Phi) is 7.83. The van der Waals surface area contributed by atoms with E-state index in [1.54, 1.807) is 4.90 Å². The Morgan fingerprint density at radius 1 is 1.18 bits per heavy atom. The molecule has 3 N–H and O–H groups in total. The molecule has 3 aromatic rings. The molecule has 0 bridgehead atoms. The monoisotopic (exact) mass is 558 g/mol. The molecule has 2 saturated heterocycles. The zero-order valence-electron chi connectivity index (χ0n) is 21.2. The zero-order chi connectivity index (χ0) is 27.7. The first-order valence-electron chi connectivity index (χ1n) is 12.7. The highest BCUT2D eigenvalue weighted by Crippen LogP contribution is 2.42. The number of carbonyl (C=O) groups is 1. The van der Waals surface area contributed by atoms with Crippen molar-refractivity contribution in [3.63, 3.8) is 0 Å². The van der Waals surface area contributed by atoms with Gasteiger partial charge >= 0.3 is 0 Å². The molecule has 5 rings (SSSR count). The number of fused-ring (bicyclic) bond motifs is 1. The lowest BCUT2D eigenvalue weighted by atomic mass is 10.0. The molecule has 3 heterocycles. The van der Waals surface area contributed by atoms with Gasteiger partial charge in [0.15, 0.2) is 5.82 Å². The van der Waals surface area contributed by atoms with Gasteiger partial charge in [-0.2, -0.15) is 4.98 Å². The fraction of sp³-hybridized carbons (Fsp3) is 0.370. The SMILES string of the molecule is C=CC(=O)N1CCN(c2nc(NCCN3CC[C@@H](O)C3)nc3c(F)c(-c4c(O)cccc4F)c(Cl)cc23)CC1. The summed E-state index contributed by atoms with van der Waals surface area (Å²) >= 11 is 6.49. The number of aromatic nitrogens is 2. The first-order valence-corrected chi connectivity index (χ1v) is 13.1. The summed E-state index contributed by atoms with van der Waals surface area (Å²) in [6.45, 7) is 7.71. The Morgan fingerprint density at radius 2 is 1.95 bits per heavy atom. The number of hydrogen-bond donors (Lipinski definition) is 3. The molecular formula is C27H29ClF2N6O3. The number of nitrogens with zero attached hydrogens (tertiary/aromatic N) is 5. The third-order valence-electron chi connectivity index (χ3n) is 7.13. The van der Waals surface area contributed by atoms with Crippen LogP contribution in [-0.4, -0.2) is 94.4 Å². The lowest BCUT2D eigenvalue weighted by molar-refractivity contribution is -0.126. The second kappa shape index (κ2) is 11.3. The average molecular weight is 559 g/mol. The van der Waals surface area contributed by atoms with Crippen LogP contribution in [0.1, 0.15) is 6.42 Å². The van der Waals surface area contributed by atoms with Gasteiger partial charge in [-0.3, -0.25) is 9.69 Å². The highest BCUT2D eigenvalue weighted by atomic mass is 35.5. The number of β-amino-alcohol motifs (C(OH)–C–C–N with tert-alkyl or cyclic N) is 1. The highest BCUT2D eigenvalue weighted by molar-refractivity contribution is 6.34. The smallest absolute Gasteiger partial charge is 0.246 e. The van der Waals surface area contributed by atoms with Crippen LogP contribution in [-0.2, 0) is 4.79 Å². The average Bonchev–Trinajstić information content (AvgIpc) is 3.34. The molecule has 12 heteroatoms. The molecule has 9 nitrogen and oxygen atoms in total. The van der Waals surface area contributed by atoms with Gasteiger partial charge in [-0.1, -0.05) is 24.2 Å². The van der Waals surface area contributed by atoms with Gasteiger partial charge in [0.05, 0.1) is 16.7 Å². The van der Waals surface area contributed by atoms with E-state index in [-0.39, 0.29) is 39.6 Å². The van der Waals surface area contributed by atoms with E-state index >= 15 is 4.39 Å². The molecular weight excluding hydrogens is 530 g/mol. The van der Waals surface area contributed by atoms with Gasteiger partial charge < -0.3 is 25.3 Å². The summed E-state index contributed by atoms with van der Waals surface area (Å²) in [5.41, 5.74) is -0.714. The molecule has 0 spiro atoms. The predicted octanol–water partition coefficient (Wildman–Crippen LogP) is 3.25. The van der Waals surface area contributed by atoms with Crippen LogP contribution in [0.2, 0.25) is 5.02 Å². The summed E-state index contributed by atoms with van der Waals surface area (Å²) in [5.74, 6) is -1.72. The van der Waals surface area contributed by atoms with Crippen LogP contribution in [0.5, 0.6) is 5.75 Å². The molecule has 0 saturated carbocycles. The summed E-state index contributed by atoms with van der Waals surface area (Å²) in [7, 11) is 0. The third kappa shape index (κ3) is 5.47. The molecule has 2 aliphatic rings. The number of phenolic OH excluding ortho intramolecular Hbond substituents is 1. The van der Waals surface area contributed by atoms with Gasteiger partial charge in [-0.15, -0.1) is 0 Å². The minimum atomic E-state index is -0.882. The van der Waals surface area contributed by atoms with E-state index in [1.165, 1.54) is 24.3 Å². The molecule has 2 fully saturated rings. The van der Waals surface area contributed by atoms with E-state index in [1.807, 2.05) is 4.90 Å². The minimum Gasteiger partial charge on any atom is -0.507 e. The second-order valence-electron chi connectivity index (χ2n) is 9.63. The van der Waals surface area contributed by atoms with Crippen molar-refractivity contribution in [3.05, 3.63) is 53.6 Å². The minimum absolute atomic E-state index is 0.0780. The largest absolute Gasteiger partial charge is 0.507 e. The number of benzene rings is 2. The number of amides is 1. The van der Waals surface area contributed by atoms with Gasteiger partial charge in [0.2, 0.25) is 11.9 Å². The van der Waals surface area contributed by atoms with Gasteiger partial charge in [0.25, 0.3) is 0 Å². The number of rotatable bonds is 7. The van der Waals surface area contributed by atoms with Crippen LogP contribution in [0.15, 0.2) is 36.9 Å². The fourth-order valence-electron chi connectivity index (χ4n) is 5.10. The standard InChI is InChI=1S/C27H29ClF2N6O3/c1-2-21(39)35-10-12-36(13-11-35)26-17-14-18(28)22(23-19(29)4-3-5-20(23)38)24(30)25(17)32-27(33-26)31-7-9-34-8-6-16(37)15-34/h2-5,14,16,37-38H,1,6-13,15H2,(H,31,32,33)/t16-/m1/s1. The normalized spacial score (nSPS) is 18.1. The summed E-state index contributed by atoms with van der Waals surface area (Å²) < 4.78 is 30.8. The molecule has 206 valence electrons. The Morgan fingerprint density at radius 3 is 2.62 bits per heavy atom. The van der Waals surface area contributed by atoms with Gasteiger partial charge in [-0.25, -0.2) is 13.8 Å².